The van der Waals surface area contributed by atoms with Crippen LogP contribution in [0.1, 0.15) is 35.8 Å². The summed E-state index contributed by atoms with van der Waals surface area (Å²) >= 11 is 0. The molecular weight excluding hydrogens is 321 g/mol. The number of carbonyl (C=O) groups is 1. The molecule has 0 spiro atoms. The van der Waals surface area contributed by atoms with E-state index in [-0.39, 0.29) is 11.9 Å². The molecule has 25 heavy (non-hydrogen) atoms. The minimum absolute atomic E-state index is 0.136. The van der Waals surface area contributed by atoms with Crippen LogP contribution < -0.4 is 5.32 Å². The van der Waals surface area contributed by atoms with E-state index in [1.165, 1.54) is 12.3 Å². The van der Waals surface area contributed by atoms with Crippen molar-refractivity contribution in [1.82, 2.24) is 24.9 Å². The molecule has 1 saturated carbocycles. The zero-order valence-electron chi connectivity index (χ0n) is 14.0. The second-order valence-corrected chi connectivity index (χ2v) is 6.52. The lowest BCUT2D eigenvalue weighted by Crippen LogP contribution is -2.34. The molecule has 128 valence electrons. The van der Waals surface area contributed by atoms with Crippen LogP contribution in [-0.2, 0) is 0 Å². The Hall–Kier alpha value is -2.83. The number of aromatic nitrogens is 4. The Labute approximate surface area is 144 Å². The van der Waals surface area contributed by atoms with Crippen LogP contribution >= 0.6 is 0 Å². The van der Waals surface area contributed by atoms with Crippen molar-refractivity contribution in [1.29, 1.82) is 0 Å². The number of rotatable bonds is 4. The number of nitrogens with one attached hydrogen (secondary N) is 1. The summed E-state index contributed by atoms with van der Waals surface area (Å²) in [7, 11) is 0. The molecule has 1 N–H and O–H groups in total. The van der Waals surface area contributed by atoms with E-state index in [9.17, 15) is 9.18 Å². The van der Waals surface area contributed by atoms with E-state index in [0.29, 0.717) is 28.5 Å². The summed E-state index contributed by atoms with van der Waals surface area (Å²) in [4.78, 5) is 21.0. The number of halogens is 1. The largest absolute Gasteiger partial charge is 0.349 e. The molecule has 0 aromatic carbocycles. The monoisotopic (exact) mass is 339 g/mol. The topological polar surface area (TPSA) is 72.2 Å². The van der Waals surface area contributed by atoms with Gasteiger partial charge in [0.05, 0.1) is 17.6 Å². The minimum atomic E-state index is -0.568. The van der Waals surface area contributed by atoms with Crippen molar-refractivity contribution >= 4 is 11.6 Å². The van der Waals surface area contributed by atoms with Gasteiger partial charge in [0.25, 0.3) is 5.91 Å². The first-order valence-corrected chi connectivity index (χ1v) is 8.32. The zero-order valence-corrected chi connectivity index (χ0v) is 14.0. The zero-order chi connectivity index (χ0) is 17.6. The summed E-state index contributed by atoms with van der Waals surface area (Å²) in [6.45, 7) is 3.88. The molecule has 1 atom stereocenters. The normalized spacial score (nSPS) is 15.3. The molecule has 7 heteroatoms. The Bertz CT molecular complexity index is 963. The molecule has 0 radical (unpaired) electrons. The van der Waals surface area contributed by atoms with Gasteiger partial charge in [-0.15, -0.1) is 0 Å². The maximum Gasteiger partial charge on any atom is 0.256 e. The predicted octanol–water partition coefficient (Wildman–Crippen LogP) is 2.77. The Kier molecular flexibility index (Phi) is 3.71. The Morgan fingerprint density at radius 1 is 1.32 bits per heavy atom. The van der Waals surface area contributed by atoms with Crippen LogP contribution in [-0.4, -0.2) is 31.5 Å². The first-order valence-electron chi connectivity index (χ1n) is 8.32. The van der Waals surface area contributed by atoms with Crippen LogP contribution in [0.4, 0.5) is 4.39 Å². The van der Waals surface area contributed by atoms with Gasteiger partial charge in [0, 0.05) is 11.7 Å². The minimum Gasteiger partial charge on any atom is -0.349 e. The molecule has 1 fully saturated rings. The van der Waals surface area contributed by atoms with Gasteiger partial charge < -0.3 is 5.32 Å². The summed E-state index contributed by atoms with van der Waals surface area (Å²) in [6.07, 6.45) is 3.83. The van der Waals surface area contributed by atoms with Crippen molar-refractivity contribution in [3.8, 4) is 11.4 Å². The summed E-state index contributed by atoms with van der Waals surface area (Å²) in [5, 5.41) is 7.27. The molecular formula is C18H18FN5O. The molecule has 4 rings (SSSR count). The highest BCUT2D eigenvalue weighted by Crippen LogP contribution is 2.32. The summed E-state index contributed by atoms with van der Waals surface area (Å²) in [5.41, 5.74) is 2.58. The third kappa shape index (κ3) is 2.97. The lowest BCUT2D eigenvalue weighted by molar-refractivity contribution is 0.0937. The smallest absolute Gasteiger partial charge is 0.256 e. The van der Waals surface area contributed by atoms with Crippen LogP contribution in [0.2, 0.25) is 0 Å². The second-order valence-electron chi connectivity index (χ2n) is 6.52. The second kappa shape index (κ2) is 5.91. The van der Waals surface area contributed by atoms with Gasteiger partial charge in [0.2, 0.25) is 5.95 Å². The number of fused-ring (bicyclic) bond motifs is 1. The van der Waals surface area contributed by atoms with Gasteiger partial charge in [0.15, 0.2) is 5.65 Å². The van der Waals surface area contributed by atoms with Crippen molar-refractivity contribution in [3.63, 3.8) is 0 Å². The quantitative estimate of drug-likeness (QED) is 0.742. The number of pyridine rings is 1. The number of amides is 1. The summed E-state index contributed by atoms with van der Waals surface area (Å²) < 4.78 is 15.0. The van der Waals surface area contributed by atoms with E-state index in [1.54, 1.807) is 22.7 Å². The average Bonchev–Trinajstić information content (AvgIpc) is 3.34. The fourth-order valence-corrected chi connectivity index (χ4v) is 2.95. The molecule has 1 amide bonds. The van der Waals surface area contributed by atoms with Gasteiger partial charge in [-0.05, 0) is 50.8 Å². The third-order valence-corrected chi connectivity index (χ3v) is 4.56. The number of nitrogens with zero attached hydrogens (tertiary/aromatic N) is 4. The standard InChI is InChI=1S/C18H18FN5O/c1-10-8-15(14-4-3-5-16(19)22-14)23-17-13(9-20-24(10)17)18(25)21-11(2)12-6-7-12/h3-5,8-9,11-12H,6-7H2,1-2H3,(H,21,25). The number of aryl methyl sites for hydroxylation is 1. The number of carbonyl (C=O) groups excluding carboxylic acids is 1. The summed E-state index contributed by atoms with van der Waals surface area (Å²) in [5.74, 6) is -0.195. The van der Waals surface area contributed by atoms with Crippen LogP contribution in [0.3, 0.4) is 0 Å². The fraction of sp³-hybridized carbons (Fsp3) is 0.333. The number of hydrogen-bond acceptors (Lipinski definition) is 4. The van der Waals surface area contributed by atoms with Gasteiger partial charge >= 0.3 is 0 Å². The van der Waals surface area contributed by atoms with E-state index in [0.717, 1.165) is 18.5 Å². The van der Waals surface area contributed by atoms with E-state index in [4.69, 9.17) is 0 Å². The Balaban J connectivity index is 1.74. The van der Waals surface area contributed by atoms with Crippen molar-refractivity contribution < 1.29 is 9.18 Å². The van der Waals surface area contributed by atoms with Gasteiger partial charge in [-0.3, -0.25) is 4.79 Å². The van der Waals surface area contributed by atoms with Crippen molar-refractivity contribution in [2.24, 2.45) is 5.92 Å². The van der Waals surface area contributed by atoms with E-state index < -0.39 is 5.95 Å². The average molecular weight is 339 g/mol. The van der Waals surface area contributed by atoms with Crippen LogP contribution in [0.25, 0.3) is 17.0 Å². The third-order valence-electron chi connectivity index (χ3n) is 4.56. The highest BCUT2D eigenvalue weighted by Gasteiger charge is 2.30. The summed E-state index contributed by atoms with van der Waals surface area (Å²) in [6, 6.07) is 6.46. The maximum atomic E-state index is 13.4. The van der Waals surface area contributed by atoms with Crippen LogP contribution in [0.15, 0.2) is 30.5 Å². The fourth-order valence-electron chi connectivity index (χ4n) is 2.95. The lowest BCUT2D eigenvalue weighted by atomic mass is 10.2. The Morgan fingerprint density at radius 2 is 2.12 bits per heavy atom. The van der Waals surface area contributed by atoms with Crippen molar-refractivity contribution in [2.75, 3.05) is 0 Å². The maximum absolute atomic E-state index is 13.4. The molecule has 1 aliphatic carbocycles. The highest BCUT2D eigenvalue weighted by atomic mass is 19.1. The highest BCUT2D eigenvalue weighted by molar-refractivity contribution is 6.00. The van der Waals surface area contributed by atoms with Gasteiger partial charge in [0.1, 0.15) is 5.56 Å². The van der Waals surface area contributed by atoms with Crippen molar-refractivity contribution in [3.05, 3.63) is 47.7 Å². The predicted molar refractivity (Wildman–Crippen MR) is 90.6 cm³/mol. The molecule has 0 bridgehead atoms. The van der Waals surface area contributed by atoms with Crippen LogP contribution in [0.5, 0.6) is 0 Å². The lowest BCUT2D eigenvalue weighted by Gasteiger charge is -2.12. The van der Waals surface area contributed by atoms with Crippen molar-refractivity contribution in [2.45, 2.75) is 32.7 Å². The van der Waals surface area contributed by atoms with E-state index >= 15 is 0 Å². The molecule has 0 aliphatic heterocycles. The molecule has 0 saturated heterocycles. The molecule has 3 aromatic rings. The molecule has 1 unspecified atom stereocenters. The molecule has 3 aromatic heterocycles. The van der Waals surface area contributed by atoms with Crippen LogP contribution in [0, 0.1) is 18.8 Å². The first kappa shape index (κ1) is 15.7. The number of hydrogen-bond donors (Lipinski definition) is 1. The van der Waals surface area contributed by atoms with Gasteiger partial charge in [-0.1, -0.05) is 6.07 Å². The van der Waals surface area contributed by atoms with Gasteiger partial charge in [-0.25, -0.2) is 14.5 Å². The Morgan fingerprint density at radius 3 is 2.84 bits per heavy atom. The molecule has 3 heterocycles. The first-order chi connectivity index (χ1) is 12.0. The van der Waals surface area contributed by atoms with Gasteiger partial charge in [-0.2, -0.15) is 9.49 Å². The molecule has 1 aliphatic rings. The van der Waals surface area contributed by atoms with E-state index in [1.807, 2.05) is 13.8 Å². The SMILES string of the molecule is Cc1cc(-c2cccc(F)n2)nc2c(C(=O)NC(C)C3CC3)cnn12. The van der Waals surface area contributed by atoms with E-state index in [2.05, 4.69) is 20.4 Å². The molecule has 6 nitrogen and oxygen atoms in total.